The lowest BCUT2D eigenvalue weighted by molar-refractivity contribution is -0.696. The summed E-state index contributed by atoms with van der Waals surface area (Å²) >= 11 is 0. The maximum atomic E-state index is 2.40. The van der Waals surface area contributed by atoms with E-state index in [-0.39, 0.29) is 0 Å². The van der Waals surface area contributed by atoms with Crippen LogP contribution >= 0.6 is 0 Å². The molecule has 0 bridgehead atoms. The van der Waals surface area contributed by atoms with Gasteiger partial charge in [-0.25, -0.2) is 9.13 Å². The van der Waals surface area contributed by atoms with E-state index in [1.165, 1.54) is 161 Å². The zero-order valence-electron chi connectivity index (χ0n) is 22.3. The fraction of sp³-hybridized carbons (Fsp3) is 0.900. The lowest BCUT2D eigenvalue weighted by atomic mass is 10.1. The molecule has 188 valence electrons. The first-order valence-corrected chi connectivity index (χ1v) is 14.9. The van der Waals surface area contributed by atoms with Crippen molar-refractivity contribution >= 4 is 0 Å². The van der Waals surface area contributed by atoms with Gasteiger partial charge in [0.15, 0.2) is 0 Å². The first-order valence-electron chi connectivity index (χ1n) is 14.9. The molecule has 0 aliphatic carbocycles. The maximum absolute atomic E-state index is 2.40. The number of aromatic nitrogens is 2. The van der Waals surface area contributed by atoms with Crippen LogP contribution in [-0.2, 0) is 13.1 Å². The molecule has 1 aromatic rings. The quantitative estimate of drug-likeness (QED) is 0.104. The van der Waals surface area contributed by atoms with Crippen LogP contribution in [0.5, 0.6) is 0 Å². The van der Waals surface area contributed by atoms with Crippen molar-refractivity contribution in [2.45, 2.75) is 175 Å². The molecule has 0 radical (unpaired) electrons. The number of hydrogen-bond donors (Lipinski definition) is 0. The van der Waals surface area contributed by atoms with E-state index in [1.54, 1.807) is 0 Å². The Balaban J connectivity index is 1.85. The van der Waals surface area contributed by atoms with E-state index in [2.05, 4.69) is 41.7 Å². The van der Waals surface area contributed by atoms with Crippen molar-refractivity contribution in [3.63, 3.8) is 0 Å². The van der Waals surface area contributed by atoms with Crippen LogP contribution in [0.15, 0.2) is 18.7 Å². The molecule has 2 nitrogen and oxygen atoms in total. The highest BCUT2D eigenvalue weighted by molar-refractivity contribution is 4.66. The Morgan fingerprint density at radius 3 is 1.28 bits per heavy atom. The molecule has 0 fully saturated rings. The van der Waals surface area contributed by atoms with Crippen molar-refractivity contribution in [1.29, 1.82) is 0 Å². The minimum atomic E-state index is 1.20. The Bertz CT molecular complexity index is 479. The molecule has 0 amide bonds. The molecule has 0 aliphatic rings. The van der Waals surface area contributed by atoms with Crippen molar-refractivity contribution < 1.29 is 4.57 Å². The highest BCUT2D eigenvalue weighted by atomic mass is 15.1. The monoisotopic (exact) mass is 447 g/mol. The van der Waals surface area contributed by atoms with Crippen LogP contribution in [-0.4, -0.2) is 4.57 Å². The van der Waals surface area contributed by atoms with Crippen LogP contribution in [0.1, 0.15) is 162 Å². The average molecular weight is 448 g/mol. The van der Waals surface area contributed by atoms with Crippen LogP contribution in [0.2, 0.25) is 0 Å². The molecule has 1 aromatic heterocycles. The first kappa shape index (κ1) is 29.2. The summed E-state index contributed by atoms with van der Waals surface area (Å²) in [6, 6.07) is 0. The SMILES string of the molecule is CCCCCCCCCCCCCCn1cc[n+](CCCCCCCCCCCCC)c1. The highest BCUT2D eigenvalue weighted by Crippen LogP contribution is 2.13. The average Bonchev–Trinajstić information content (AvgIpc) is 3.26. The zero-order chi connectivity index (χ0) is 23.0. The predicted molar refractivity (Wildman–Crippen MR) is 142 cm³/mol. The number of imidazole rings is 1. The lowest BCUT2D eigenvalue weighted by Gasteiger charge is -2.02. The Labute approximate surface area is 202 Å². The summed E-state index contributed by atoms with van der Waals surface area (Å²) in [7, 11) is 0. The van der Waals surface area contributed by atoms with Gasteiger partial charge in [0.1, 0.15) is 12.4 Å². The maximum Gasteiger partial charge on any atom is 0.243 e. The van der Waals surface area contributed by atoms with Crippen LogP contribution in [0.4, 0.5) is 0 Å². The van der Waals surface area contributed by atoms with Gasteiger partial charge in [-0.3, -0.25) is 0 Å². The lowest BCUT2D eigenvalue weighted by Crippen LogP contribution is -2.30. The molecule has 0 unspecified atom stereocenters. The Hall–Kier alpha value is -0.790. The van der Waals surface area contributed by atoms with Gasteiger partial charge >= 0.3 is 0 Å². The summed E-state index contributed by atoms with van der Waals surface area (Å²) in [5.74, 6) is 0. The largest absolute Gasteiger partial charge is 0.243 e. The van der Waals surface area contributed by atoms with Gasteiger partial charge in [0, 0.05) is 0 Å². The third kappa shape index (κ3) is 18.8. The number of nitrogens with zero attached hydrogens (tertiary/aromatic N) is 2. The van der Waals surface area contributed by atoms with Gasteiger partial charge in [-0.1, -0.05) is 136 Å². The van der Waals surface area contributed by atoms with Gasteiger partial charge < -0.3 is 0 Å². The number of hydrogen-bond acceptors (Lipinski definition) is 0. The third-order valence-corrected chi connectivity index (χ3v) is 7.04. The third-order valence-electron chi connectivity index (χ3n) is 7.04. The van der Waals surface area contributed by atoms with E-state index in [0.717, 1.165) is 0 Å². The highest BCUT2D eigenvalue weighted by Gasteiger charge is 2.03. The standard InChI is InChI=1S/C30H59N2/c1-3-5-7-9-11-13-15-17-19-21-23-25-27-32-29-28-31(30-32)26-24-22-20-18-16-14-12-10-8-6-4-2/h28-30H,3-27H2,1-2H3/q+1. The molecule has 0 saturated heterocycles. The fourth-order valence-electron chi connectivity index (χ4n) is 4.80. The van der Waals surface area contributed by atoms with E-state index >= 15 is 0 Å². The summed E-state index contributed by atoms with van der Waals surface area (Å²) in [6.07, 6.45) is 39.7. The molecule has 0 N–H and O–H groups in total. The van der Waals surface area contributed by atoms with Crippen molar-refractivity contribution in [3.05, 3.63) is 18.7 Å². The molecule has 32 heavy (non-hydrogen) atoms. The molecule has 0 saturated carbocycles. The van der Waals surface area contributed by atoms with Crippen LogP contribution in [0, 0.1) is 0 Å². The molecule has 0 aromatic carbocycles. The van der Waals surface area contributed by atoms with E-state index in [9.17, 15) is 0 Å². The fourth-order valence-corrected chi connectivity index (χ4v) is 4.80. The number of aryl methyl sites for hydroxylation is 2. The minimum absolute atomic E-state index is 1.20. The van der Waals surface area contributed by atoms with Gasteiger partial charge in [0.2, 0.25) is 6.33 Å². The zero-order valence-corrected chi connectivity index (χ0v) is 22.3. The second-order valence-electron chi connectivity index (χ2n) is 10.3. The molecule has 0 spiro atoms. The second kappa shape index (κ2) is 23.4. The molecular formula is C30H59N2+. The normalized spacial score (nSPS) is 11.4. The second-order valence-corrected chi connectivity index (χ2v) is 10.3. The van der Waals surface area contributed by atoms with E-state index in [0.29, 0.717) is 0 Å². The van der Waals surface area contributed by atoms with Gasteiger partial charge in [-0.15, -0.1) is 0 Å². The van der Waals surface area contributed by atoms with Crippen molar-refractivity contribution in [1.82, 2.24) is 4.57 Å². The summed E-state index contributed by atoms with van der Waals surface area (Å²) in [5.41, 5.74) is 0. The van der Waals surface area contributed by atoms with Gasteiger partial charge in [-0.05, 0) is 25.7 Å². The van der Waals surface area contributed by atoms with Crippen molar-refractivity contribution in [3.8, 4) is 0 Å². The van der Waals surface area contributed by atoms with Crippen molar-refractivity contribution in [2.24, 2.45) is 0 Å². The Morgan fingerprint density at radius 1 is 0.469 bits per heavy atom. The van der Waals surface area contributed by atoms with Crippen LogP contribution in [0.3, 0.4) is 0 Å². The minimum Gasteiger partial charge on any atom is -0.237 e. The number of rotatable bonds is 25. The van der Waals surface area contributed by atoms with E-state index < -0.39 is 0 Å². The summed E-state index contributed by atoms with van der Waals surface area (Å²) in [6.45, 7) is 6.99. The van der Waals surface area contributed by atoms with E-state index in [4.69, 9.17) is 0 Å². The molecule has 2 heteroatoms. The Morgan fingerprint density at radius 2 is 0.844 bits per heavy atom. The Kier molecular flexibility index (Phi) is 21.4. The number of unbranched alkanes of at least 4 members (excludes halogenated alkanes) is 21. The molecule has 0 atom stereocenters. The molecule has 0 aliphatic heterocycles. The molecule has 1 heterocycles. The first-order chi connectivity index (χ1) is 15.9. The van der Waals surface area contributed by atoms with Crippen LogP contribution < -0.4 is 4.57 Å². The van der Waals surface area contributed by atoms with Crippen molar-refractivity contribution in [2.75, 3.05) is 0 Å². The van der Waals surface area contributed by atoms with Gasteiger partial charge in [-0.2, -0.15) is 0 Å². The van der Waals surface area contributed by atoms with Crippen LogP contribution in [0.25, 0.3) is 0 Å². The molecular weight excluding hydrogens is 388 g/mol. The topological polar surface area (TPSA) is 8.81 Å². The van der Waals surface area contributed by atoms with E-state index in [1.807, 2.05) is 0 Å². The molecule has 1 rings (SSSR count). The summed E-state index contributed by atoms with van der Waals surface area (Å²) in [5, 5.41) is 0. The summed E-state index contributed by atoms with van der Waals surface area (Å²) in [4.78, 5) is 0. The van der Waals surface area contributed by atoms with Gasteiger partial charge in [0.05, 0.1) is 13.1 Å². The smallest absolute Gasteiger partial charge is 0.237 e. The van der Waals surface area contributed by atoms with Gasteiger partial charge in [0.25, 0.3) is 0 Å². The summed E-state index contributed by atoms with van der Waals surface area (Å²) < 4.78 is 4.79. The predicted octanol–water partition coefficient (Wildman–Crippen LogP) is 9.79.